The minimum absolute atomic E-state index is 0.0578. The van der Waals surface area contributed by atoms with Gasteiger partial charge in [0.25, 0.3) is 0 Å². The Bertz CT molecular complexity index is 721. The zero-order valence-electron chi connectivity index (χ0n) is 11.0. The van der Waals surface area contributed by atoms with Gasteiger partial charge < -0.3 is 4.42 Å². The van der Waals surface area contributed by atoms with E-state index in [1.807, 2.05) is 25.1 Å². The van der Waals surface area contributed by atoms with E-state index < -0.39 is 10.0 Å². The average molecular weight is 280 g/mol. The second-order valence-electron chi connectivity index (χ2n) is 5.13. The summed E-state index contributed by atoms with van der Waals surface area (Å²) in [4.78, 5) is 4.48. The van der Waals surface area contributed by atoms with E-state index in [-0.39, 0.29) is 5.92 Å². The molecule has 0 spiro atoms. The van der Waals surface area contributed by atoms with Crippen molar-refractivity contribution in [1.29, 1.82) is 0 Å². The van der Waals surface area contributed by atoms with Crippen LogP contribution in [0, 0.1) is 6.92 Å². The molecule has 102 valence electrons. The van der Waals surface area contributed by atoms with Gasteiger partial charge in [0, 0.05) is 13.1 Å². The van der Waals surface area contributed by atoms with Crippen LogP contribution in [-0.2, 0) is 10.0 Å². The first-order chi connectivity index (χ1) is 8.93. The molecule has 0 bridgehead atoms. The van der Waals surface area contributed by atoms with Crippen LogP contribution in [0.1, 0.15) is 23.8 Å². The SMILES string of the molecule is Cc1ccc2oc([C@H]3CCN(S(C)(=O)=O)C3)nc2c1. The van der Waals surface area contributed by atoms with Crippen molar-refractivity contribution in [3.05, 3.63) is 29.7 Å². The second-order valence-corrected chi connectivity index (χ2v) is 7.11. The van der Waals surface area contributed by atoms with Gasteiger partial charge in [0.15, 0.2) is 11.5 Å². The third kappa shape index (κ3) is 2.37. The molecule has 1 saturated heterocycles. The predicted octanol–water partition coefficient (Wildman–Crippen LogP) is 1.89. The van der Waals surface area contributed by atoms with Gasteiger partial charge in [0.2, 0.25) is 10.0 Å². The van der Waals surface area contributed by atoms with Crippen molar-refractivity contribution in [1.82, 2.24) is 9.29 Å². The Morgan fingerprint density at radius 2 is 2.21 bits per heavy atom. The minimum atomic E-state index is -3.12. The molecule has 1 fully saturated rings. The number of aromatic nitrogens is 1. The zero-order valence-corrected chi connectivity index (χ0v) is 11.8. The Labute approximate surface area is 112 Å². The summed E-state index contributed by atoms with van der Waals surface area (Å²) in [6, 6.07) is 5.87. The van der Waals surface area contributed by atoms with Gasteiger partial charge in [-0.2, -0.15) is 0 Å². The number of aryl methyl sites for hydroxylation is 1. The quantitative estimate of drug-likeness (QED) is 0.842. The first kappa shape index (κ1) is 12.6. The standard InChI is InChI=1S/C13H16N2O3S/c1-9-3-4-12-11(7-9)14-13(18-12)10-5-6-15(8-10)19(2,16)17/h3-4,7,10H,5-6,8H2,1-2H3/t10-/m0/s1. The highest BCUT2D eigenvalue weighted by Crippen LogP contribution is 2.30. The van der Waals surface area contributed by atoms with Crippen LogP contribution in [0.25, 0.3) is 11.1 Å². The van der Waals surface area contributed by atoms with Crippen molar-refractivity contribution in [2.24, 2.45) is 0 Å². The average Bonchev–Trinajstić information content (AvgIpc) is 2.92. The van der Waals surface area contributed by atoms with Crippen LogP contribution in [0.3, 0.4) is 0 Å². The molecule has 1 aromatic heterocycles. The van der Waals surface area contributed by atoms with Gasteiger partial charge in [-0.1, -0.05) is 6.07 Å². The summed E-state index contributed by atoms with van der Waals surface area (Å²) in [6.07, 6.45) is 2.00. The van der Waals surface area contributed by atoms with Crippen molar-refractivity contribution >= 4 is 21.1 Å². The number of nitrogens with zero attached hydrogens (tertiary/aromatic N) is 2. The first-order valence-electron chi connectivity index (χ1n) is 6.26. The molecule has 2 heterocycles. The Balaban J connectivity index is 1.90. The van der Waals surface area contributed by atoms with E-state index in [1.54, 1.807) is 0 Å². The molecule has 1 aliphatic heterocycles. The number of sulfonamides is 1. The molecule has 0 amide bonds. The monoisotopic (exact) mass is 280 g/mol. The van der Waals surface area contributed by atoms with E-state index in [4.69, 9.17) is 4.42 Å². The van der Waals surface area contributed by atoms with Crippen molar-refractivity contribution in [3.63, 3.8) is 0 Å². The van der Waals surface area contributed by atoms with E-state index >= 15 is 0 Å². The van der Waals surface area contributed by atoms with Crippen molar-refractivity contribution < 1.29 is 12.8 Å². The largest absolute Gasteiger partial charge is 0.440 e. The van der Waals surface area contributed by atoms with E-state index in [0.717, 1.165) is 23.1 Å². The van der Waals surface area contributed by atoms with E-state index in [1.165, 1.54) is 10.6 Å². The van der Waals surface area contributed by atoms with Gasteiger partial charge in [0.1, 0.15) is 5.52 Å². The summed E-state index contributed by atoms with van der Waals surface area (Å²) in [5.41, 5.74) is 2.74. The van der Waals surface area contributed by atoms with Crippen LogP contribution in [-0.4, -0.2) is 37.1 Å². The van der Waals surface area contributed by atoms with Crippen LogP contribution < -0.4 is 0 Å². The molecule has 1 aromatic carbocycles. The third-order valence-electron chi connectivity index (χ3n) is 3.53. The maximum Gasteiger partial charge on any atom is 0.211 e. The fourth-order valence-corrected chi connectivity index (χ4v) is 3.35. The third-order valence-corrected chi connectivity index (χ3v) is 4.80. The second kappa shape index (κ2) is 4.31. The number of rotatable bonds is 2. The summed E-state index contributed by atoms with van der Waals surface area (Å²) >= 11 is 0. The summed E-state index contributed by atoms with van der Waals surface area (Å²) in [5, 5.41) is 0. The van der Waals surface area contributed by atoms with Gasteiger partial charge in [-0.3, -0.25) is 0 Å². The molecule has 0 N–H and O–H groups in total. The van der Waals surface area contributed by atoms with Crippen molar-refractivity contribution in [3.8, 4) is 0 Å². The number of benzene rings is 1. The van der Waals surface area contributed by atoms with Crippen LogP contribution in [0.15, 0.2) is 22.6 Å². The maximum atomic E-state index is 11.5. The highest BCUT2D eigenvalue weighted by Gasteiger charge is 2.32. The summed E-state index contributed by atoms with van der Waals surface area (Å²) in [6.45, 7) is 3.01. The van der Waals surface area contributed by atoms with Gasteiger partial charge in [0.05, 0.1) is 12.2 Å². The van der Waals surface area contributed by atoms with Crippen LogP contribution in [0.2, 0.25) is 0 Å². The highest BCUT2D eigenvalue weighted by atomic mass is 32.2. The van der Waals surface area contributed by atoms with Crippen LogP contribution >= 0.6 is 0 Å². The van der Waals surface area contributed by atoms with E-state index in [9.17, 15) is 8.42 Å². The smallest absolute Gasteiger partial charge is 0.211 e. The molecular weight excluding hydrogens is 264 g/mol. The Morgan fingerprint density at radius 3 is 2.89 bits per heavy atom. The lowest BCUT2D eigenvalue weighted by atomic mass is 10.1. The number of fused-ring (bicyclic) bond motifs is 1. The Hall–Kier alpha value is -1.40. The molecule has 1 aliphatic rings. The number of hydrogen-bond donors (Lipinski definition) is 0. The molecule has 0 radical (unpaired) electrons. The van der Waals surface area contributed by atoms with Gasteiger partial charge >= 0.3 is 0 Å². The fraction of sp³-hybridized carbons (Fsp3) is 0.462. The van der Waals surface area contributed by atoms with Gasteiger partial charge in [-0.05, 0) is 31.0 Å². The van der Waals surface area contributed by atoms with Gasteiger partial charge in [-0.25, -0.2) is 17.7 Å². The fourth-order valence-electron chi connectivity index (χ4n) is 2.46. The Morgan fingerprint density at radius 1 is 1.42 bits per heavy atom. The lowest BCUT2D eigenvalue weighted by Crippen LogP contribution is -2.27. The molecular formula is C13H16N2O3S. The molecule has 19 heavy (non-hydrogen) atoms. The van der Waals surface area contributed by atoms with Gasteiger partial charge in [-0.15, -0.1) is 0 Å². The maximum absolute atomic E-state index is 11.5. The summed E-state index contributed by atoms with van der Waals surface area (Å²) in [7, 11) is -3.12. The molecule has 0 unspecified atom stereocenters. The molecule has 2 aromatic rings. The summed E-state index contributed by atoms with van der Waals surface area (Å²) in [5.74, 6) is 0.703. The molecule has 5 nitrogen and oxygen atoms in total. The normalized spacial score (nSPS) is 21.3. The topological polar surface area (TPSA) is 63.4 Å². The summed E-state index contributed by atoms with van der Waals surface area (Å²) < 4.78 is 30.2. The molecule has 3 rings (SSSR count). The molecule has 6 heteroatoms. The number of oxazole rings is 1. The molecule has 0 aliphatic carbocycles. The lowest BCUT2D eigenvalue weighted by molar-refractivity contribution is 0.451. The van der Waals surface area contributed by atoms with Crippen LogP contribution in [0.4, 0.5) is 0 Å². The number of hydrogen-bond acceptors (Lipinski definition) is 4. The van der Waals surface area contributed by atoms with Crippen molar-refractivity contribution in [2.75, 3.05) is 19.3 Å². The van der Waals surface area contributed by atoms with Crippen molar-refractivity contribution in [2.45, 2.75) is 19.3 Å². The highest BCUT2D eigenvalue weighted by molar-refractivity contribution is 7.88. The zero-order chi connectivity index (χ0) is 13.6. The first-order valence-corrected chi connectivity index (χ1v) is 8.10. The predicted molar refractivity (Wildman–Crippen MR) is 72.5 cm³/mol. The minimum Gasteiger partial charge on any atom is -0.440 e. The van der Waals surface area contributed by atoms with Crippen LogP contribution in [0.5, 0.6) is 0 Å². The van der Waals surface area contributed by atoms with E-state index in [2.05, 4.69) is 4.98 Å². The molecule has 0 saturated carbocycles. The lowest BCUT2D eigenvalue weighted by Gasteiger charge is -2.11. The Kier molecular flexibility index (Phi) is 2.87. The van der Waals surface area contributed by atoms with E-state index in [0.29, 0.717) is 19.0 Å². The molecule has 1 atom stereocenters.